The van der Waals surface area contributed by atoms with E-state index in [0.717, 1.165) is 18.5 Å². The van der Waals surface area contributed by atoms with E-state index < -0.39 is 34.4 Å². The summed E-state index contributed by atoms with van der Waals surface area (Å²) < 4.78 is 45.1. The Bertz CT molecular complexity index is 1190. The Kier molecular flexibility index (Phi) is 10.4. The van der Waals surface area contributed by atoms with Gasteiger partial charge in [-0.3, -0.25) is 0 Å². The van der Waals surface area contributed by atoms with E-state index in [4.69, 9.17) is 14.2 Å². The fourth-order valence-electron chi connectivity index (χ4n) is 5.34. The monoisotopic (exact) mass is 575 g/mol. The van der Waals surface area contributed by atoms with E-state index in [2.05, 4.69) is 10.6 Å². The van der Waals surface area contributed by atoms with Gasteiger partial charge < -0.3 is 30.0 Å². The number of nitrogens with one attached hydrogen (secondary N) is 2. The number of sulfonamides is 1. The van der Waals surface area contributed by atoms with Gasteiger partial charge in [0.2, 0.25) is 10.0 Å². The summed E-state index contributed by atoms with van der Waals surface area (Å²) in [6, 6.07) is 14.8. The number of carbonyl (C=O) groups is 1. The van der Waals surface area contributed by atoms with Gasteiger partial charge in [-0.15, -0.1) is 0 Å². The molecular weight excluding hydrogens is 534 g/mol. The summed E-state index contributed by atoms with van der Waals surface area (Å²) in [5, 5.41) is 17.6. The van der Waals surface area contributed by atoms with Crippen LogP contribution in [0.5, 0.6) is 5.75 Å². The smallest absolute Gasteiger partial charge is 0.407 e. The molecule has 5 atom stereocenters. The van der Waals surface area contributed by atoms with Gasteiger partial charge in [-0.25, -0.2) is 13.2 Å². The van der Waals surface area contributed by atoms with Crippen LogP contribution in [0.4, 0.5) is 4.79 Å². The van der Waals surface area contributed by atoms with Gasteiger partial charge in [-0.1, -0.05) is 44.2 Å². The third-order valence-corrected chi connectivity index (χ3v) is 9.24. The van der Waals surface area contributed by atoms with Crippen LogP contribution in [0.3, 0.4) is 0 Å². The molecule has 4 rings (SSSR count). The number of aliphatic hydroxyl groups excluding tert-OH is 1. The lowest BCUT2D eigenvalue weighted by Crippen LogP contribution is -2.54. The summed E-state index contributed by atoms with van der Waals surface area (Å²) in [7, 11) is -2.42. The lowest BCUT2D eigenvalue weighted by molar-refractivity contribution is -0.0551. The van der Waals surface area contributed by atoms with Crippen molar-refractivity contribution < 1.29 is 32.5 Å². The number of amides is 1. The Labute approximate surface area is 237 Å². The Morgan fingerprint density at radius 3 is 2.52 bits per heavy atom. The molecule has 2 aromatic carbocycles. The first-order valence-corrected chi connectivity index (χ1v) is 15.3. The van der Waals surface area contributed by atoms with Crippen molar-refractivity contribution in [1.82, 2.24) is 14.9 Å². The van der Waals surface area contributed by atoms with E-state index >= 15 is 0 Å². The van der Waals surface area contributed by atoms with Crippen LogP contribution < -0.4 is 15.4 Å². The predicted octanol–water partition coefficient (Wildman–Crippen LogP) is 2.42. The standard InChI is InChI=1S/C29H41N3O7S/c1-20(2)16-32(40(35,36)24-11-9-23(37-3)10-12-24)17-26(33)25(15-21-7-5-4-6-8-21)31-29(34)39-27-19-38-18-22-13-14-30-28(22)27/h4-12,20,22,25-28,30,33H,13-19H2,1-3H3,(H,31,34)/t22?,25-,26+,27?,28?/m0/s1. The quantitative estimate of drug-likeness (QED) is 0.352. The molecule has 220 valence electrons. The molecule has 3 unspecified atom stereocenters. The Morgan fingerprint density at radius 2 is 1.85 bits per heavy atom. The van der Waals surface area contributed by atoms with Crippen molar-refractivity contribution >= 4 is 16.1 Å². The number of ether oxygens (including phenoxy) is 3. The van der Waals surface area contributed by atoms with Crippen molar-refractivity contribution in [3.63, 3.8) is 0 Å². The van der Waals surface area contributed by atoms with E-state index in [1.165, 1.54) is 23.5 Å². The number of methoxy groups -OCH3 is 1. The molecule has 2 aromatic rings. The van der Waals surface area contributed by atoms with Crippen molar-refractivity contribution in [1.29, 1.82) is 0 Å². The summed E-state index contributed by atoms with van der Waals surface area (Å²) >= 11 is 0. The number of alkyl carbamates (subject to hydrolysis) is 1. The van der Waals surface area contributed by atoms with Crippen molar-refractivity contribution in [2.75, 3.05) is 40.0 Å². The Hall–Kier alpha value is -2.70. The van der Waals surface area contributed by atoms with Crippen LogP contribution >= 0.6 is 0 Å². The summed E-state index contributed by atoms with van der Waals surface area (Å²) in [6.45, 7) is 5.61. The van der Waals surface area contributed by atoms with Crippen LogP contribution in [0.15, 0.2) is 59.5 Å². The highest BCUT2D eigenvalue weighted by atomic mass is 32.2. The summed E-state index contributed by atoms with van der Waals surface area (Å²) in [5.41, 5.74) is 0.888. The van der Waals surface area contributed by atoms with E-state index in [-0.39, 0.29) is 29.9 Å². The molecule has 2 saturated heterocycles. The maximum absolute atomic E-state index is 13.6. The van der Waals surface area contributed by atoms with Gasteiger partial charge in [0.1, 0.15) is 11.9 Å². The minimum absolute atomic E-state index is 0.00359. The lowest BCUT2D eigenvalue weighted by Gasteiger charge is -2.34. The molecule has 0 aromatic heterocycles. The van der Waals surface area contributed by atoms with E-state index in [1.807, 2.05) is 44.2 Å². The minimum Gasteiger partial charge on any atom is -0.497 e. The number of benzene rings is 2. The molecule has 0 saturated carbocycles. The molecule has 10 nitrogen and oxygen atoms in total. The largest absolute Gasteiger partial charge is 0.497 e. The number of hydrogen-bond donors (Lipinski definition) is 3. The molecule has 2 aliphatic rings. The maximum atomic E-state index is 13.6. The predicted molar refractivity (Wildman–Crippen MR) is 151 cm³/mol. The van der Waals surface area contributed by atoms with Crippen LogP contribution in [0.1, 0.15) is 25.8 Å². The van der Waals surface area contributed by atoms with Gasteiger partial charge in [-0.2, -0.15) is 4.31 Å². The zero-order valence-electron chi connectivity index (χ0n) is 23.4. The molecule has 1 amide bonds. The van der Waals surface area contributed by atoms with Gasteiger partial charge in [0.25, 0.3) is 0 Å². The Balaban J connectivity index is 1.51. The fourth-order valence-corrected chi connectivity index (χ4v) is 6.96. The zero-order chi connectivity index (χ0) is 28.7. The molecule has 2 aliphatic heterocycles. The van der Waals surface area contributed by atoms with Crippen molar-refractivity contribution in [2.45, 2.75) is 55.9 Å². The average Bonchev–Trinajstić information content (AvgIpc) is 3.43. The highest BCUT2D eigenvalue weighted by molar-refractivity contribution is 7.89. The van der Waals surface area contributed by atoms with Gasteiger partial charge in [0, 0.05) is 19.0 Å². The third kappa shape index (κ3) is 7.73. The number of hydrogen-bond acceptors (Lipinski definition) is 8. The highest BCUT2D eigenvalue weighted by Crippen LogP contribution is 2.25. The second-order valence-corrected chi connectivity index (χ2v) is 12.8. The van der Waals surface area contributed by atoms with E-state index in [1.54, 1.807) is 12.1 Å². The fraction of sp³-hybridized carbons (Fsp3) is 0.552. The van der Waals surface area contributed by atoms with Crippen LogP contribution in [0.2, 0.25) is 0 Å². The second kappa shape index (κ2) is 13.8. The maximum Gasteiger partial charge on any atom is 0.407 e. The molecule has 40 heavy (non-hydrogen) atoms. The number of aliphatic hydroxyl groups is 1. The van der Waals surface area contributed by atoms with Crippen molar-refractivity contribution in [3.05, 3.63) is 60.2 Å². The zero-order valence-corrected chi connectivity index (χ0v) is 24.2. The molecule has 0 radical (unpaired) electrons. The molecule has 0 spiro atoms. The molecular formula is C29H41N3O7S. The molecule has 3 N–H and O–H groups in total. The lowest BCUT2D eigenvalue weighted by atomic mass is 9.95. The van der Waals surface area contributed by atoms with Crippen LogP contribution in [-0.4, -0.2) is 88.2 Å². The van der Waals surface area contributed by atoms with Crippen LogP contribution in [0, 0.1) is 11.8 Å². The van der Waals surface area contributed by atoms with Crippen LogP contribution in [-0.2, 0) is 25.9 Å². The molecule has 11 heteroatoms. The number of rotatable bonds is 12. The van der Waals surface area contributed by atoms with E-state index in [9.17, 15) is 18.3 Å². The van der Waals surface area contributed by atoms with Crippen molar-refractivity contribution in [3.8, 4) is 5.75 Å². The third-order valence-electron chi connectivity index (χ3n) is 7.40. The number of nitrogens with zero attached hydrogens (tertiary/aromatic N) is 1. The molecule has 0 aliphatic carbocycles. The van der Waals surface area contributed by atoms with Crippen LogP contribution in [0.25, 0.3) is 0 Å². The average molecular weight is 576 g/mol. The summed E-state index contributed by atoms with van der Waals surface area (Å²) in [5.74, 6) is 0.844. The van der Waals surface area contributed by atoms with Crippen molar-refractivity contribution in [2.24, 2.45) is 11.8 Å². The minimum atomic E-state index is -3.93. The number of fused-ring (bicyclic) bond motifs is 1. The van der Waals surface area contributed by atoms with Gasteiger partial charge in [-0.05, 0) is 55.1 Å². The normalized spacial score (nSPS) is 22.5. The van der Waals surface area contributed by atoms with E-state index in [0.29, 0.717) is 31.3 Å². The summed E-state index contributed by atoms with van der Waals surface area (Å²) in [4.78, 5) is 13.2. The Morgan fingerprint density at radius 1 is 1.12 bits per heavy atom. The first-order valence-electron chi connectivity index (χ1n) is 13.8. The SMILES string of the molecule is COc1ccc(S(=O)(=O)N(CC(C)C)C[C@@H](O)[C@H](Cc2ccccc2)NC(=O)OC2COCC3CCNC32)cc1. The first-order chi connectivity index (χ1) is 19.2. The van der Waals surface area contributed by atoms with Gasteiger partial charge in [0.15, 0.2) is 0 Å². The van der Waals surface area contributed by atoms with Gasteiger partial charge in [0.05, 0.1) is 43.4 Å². The molecule has 2 fully saturated rings. The summed E-state index contributed by atoms with van der Waals surface area (Å²) in [6.07, 6.45) is -1.06. The molecule has 2 heterocycles. The highest BCUT2D eigenvalue weighted by Gasteiger charge is 2.40. The second-order valence-electron chi connectivity index (χ2n) is 10.9. The molecule has 0 bridgehead atoms. The first kappa shape index (κ1) is 30.3. The number of carbonyl (C=O) groups excluding carboxylic acids is 1. The van der Waals surface area contributed by atoms with Gasteiger partial charge >= 0.3 is 6.09 Å². The topological polar surface area (TPSA) is 126 Å².